The number of hydrogen-bond donors (Lipinski definition) is 1. The number of thiophene rings is 1. The number of carbonyl (C=O) groups excluding carboxylic acids is 2. The predicted molar refractivity (Wildman–Crippen MR) is 40.7 cm³/mol. The Kier molecular flexibility index (Phi) is 2.51. The number of Topliss-reactive ketones (excluding diaryl/α,β-unsaturated/α-hetero) is 1. The molecule has 3 nitrogen and oxygen atoms in total. The molecule has 1 aromatic rings. The van der Waals surface area contributed by atoms with Gasteiger partial charge in [-0.25, -0.2) is 0 Å². The van der Waals surface area contributed by atoms with Crippen LogP contribution < -0.4 is 0 Å². The first-order valence-corrected chi connectivity index (χ1v) is 3.84. The summed E-state index contributed by atoms with van der Waals surface area (Å²) in [6, 6.07) is 3.26. The first kappa shape index (κ1) is 8.10. The number of aliphatic hydroxyl groups excluding tert-OH is 1. The zero-order valence-corrected chi connectivity index (χ0v) is 6.38. The number of carbonyl (C=O) groups is 2. The summed E-state index contributed by atoms with van der Waals surface area (Å²) < 4.78 is 0. The summed E-state index contributed by atoms with van der Waals surface area (Å²) in [6.45, 7) is 0. The van der Waals surface area contributed by atoms with Crippen LogP contribution >= 0.6 is 11.3 Å². The van der Waals surface area contributed by atoms with Crippen LogP contribution in [0.2, 0.25) is 0 Å². The van der Waals surface area contributed by atoms with Crippen LogP contribution in [0.15, 0.2) is 17.5 Å². The summed E-state index contributed by atoms with van der Waals surface area (Å²) in [5.41, 5.74) is 0. The molecule has 0 radical (unpaired) electrons. The van der Waals surface area contributed by atoms with Crippen molar-refractivity contribution < 1.29 is 14.7 Å². The van der Waals surface area contributed by atoms with E-state index in [2.05, 4.69) is 0 Å². The molecule has 0 aliphatic carbocycles. The molecule has 1 atom stereocenters. The van der Waals surface area contributed by atoms with Gasteiger partial charge < -0.3 is 5.11 Å². The second-order valence-electron chi connectivity index (χ2n) is 1.92. The van der Waals surface area contributed by atoms with Crippen LogP contribution in [-0.2, 0) is 4.79 Å². The van der Waals surface area contributed by atoms with E-state index >= 15 is 0 Å². The average Bonchev–Trinajstić information content (AvgIpc) is 2.53. The maximum Gasteiger partial charge on any atom is 0.208 e. The fraction of sp³-hybridized carbons (Fsp3) is 0.143. The van der Waals surface area contributed by atoms with Crippen molar-refractivity contribution in [2.75, 3.05) is 0 Å². The highest BCUT2D eigenvalue weighted by Gasteiger charge is 2.16. The van der Waals surface area contributed by atoms with Crippen molar-refractivity contribution in [3.63, 3.8) is 0 Å². The van der Waals surface area contributed by atoms with Gasteiger partial charge in [0.15, 0.2) is 12.4 Å². The van der Waals surface area contributed by atoms with Gasteiger partial charge in [-0.15, -0.1) is 11.3 Å². The molecule has 1 heterocycles. The summed E-state index contributed by atoms with van der Waals surface area (Å²) in [7, 11) is 0. The Balaban J connectivity index is 2.78. The minimum Gasteiger partial charge on any atom is -0.377 e. The van der Waals surface area contributed by atoms with Crippen LogP contribution in [0.1, 0.15) is 9.67 Å². The monoisotopic (exact) mass is 170 g/mol. The van der Waals surface area contributed by atoms with Crippen LogP contribution in [0.25, 0.3) is 0 Å². The molecule has 0 saturated heterocycles. The first-order chi connectivity index (χ1) is 5.25. The van der Waals surface area contributed by atoms with E-state index in [0.29, 0.717) is 4.88 Å². The van der Waals surface area contributed by atoms with Gasteiger partial charge in [-0.3, -0.25) is 9.59 Å². The highest BCUT2D eigenvalue weighted by molar-refractivity contribution is 7.12. The summed E-state index contributed by atoms with van der Waals surface area (Å²) >= 11 is 1.21. The van der Waals surface area contributed by atoms with E-state index in [1.807, 2.05) is 0 Å². The molecule has 1 unspecified atom stereocenters. The number of aliphatic hydroxyl groups is 1. The van der Waals surface area contributed by atoms with E-state index in [1.165, 1.54) is 11.3 Å². The smallest absolute Gasteiger partial charge is 0.208 e. The number of rotatable bonds is 3. The molecule has 0 aromatic carbocycles. The third-order valence-electron chi connectivity index (χ3n) is 1.16. The Morgan fingerprint density at radius 3 is 2.91 bits per heavy atom. The summed E-state index contributed by atoms with van der Waals surface area (Å²) in [4.78, 5) is 21.3. The SMILES string of the molecule is O=CC(O)C(=O)c1cccs1. The van der Waals surface area contributed by atoms with Gasteiger partial charge in [0.05, 0.1) is 4.88 Å². The van der Waals surface area contributed by atoms with Crippen molar-refractivity contribution >= 4 is 23.4 Å². The van der Waals surface area contributed by atoms with E-state index < -0.39 is 11.9 Å². The van der Waals surface area contributed by atoms with Crippen molar-refractivity contribution in [1.82, 2.24) is 0 Å². The summed E-state index contributed by atoms with van der Waals surface area (Å²) in [5, 5.41) is 10.5. The lowest BCUT2D eigenvalue weighted by Gasteiger charge is -1.96. The molecule has 0 aliphatic rings. The molecule has 0 aliphatic heterocycles. The van der Waals surface area contributed by atoms with Gasteiger partial charge in [0.1, 0.15) is 0 Å². The highest BCUT2D eigenvalue weighted by Crippen LogP contribution is 2.10. The maximum absolute atomic E-state index is 11.0. The van der Waals surface area contributed by atoms with E-state index in [4.69, 9.17) is 5.11 Å². The molecule has 4 heteroatoms. The first-order valence-electron chi connectivity index (χ1n) is 2.97. The molecule has 0 bridgehead atoms. The lowest BCUT2D eigenvalue weighted by molar-refractivity contribution is -0.112. The second-order valence-corrected chi connectivity index (χ2v) is 2.87. The fourth-order valence-electron chi connectivity index (χ4n) is 0.626. The number of hydrogen-bond acceptors (Lipinski definition) is 4. The van der Waals surface area contributed by atoms with Crippen molar-refractivity contribution in [1.29, 1.82) is 0 Å². The topological polar surface area (TPSA) is 54.4 Å². The average molecular weight is 170 g/mol. The van der Waals surface area contributed by atoms with Crippen LogP contribution in [-0.4, -0.2) is 23.3 Å². The van der Waals surface area contributed by atoms with Gasteiger partial charge in [-0.05, 0) is 11.4 Å². The van der Waals surface area contributed by atoms with Crippen molar-refractivity contribution in [3.8, 4) is 0 Å². The Labute approximate surface area is 67.3 Å². The van der Waals surface area contributed by atoms with E-state index in [1.54, 1.807) is 17.5 Å². The molecule has 0 spiro atoms. The largest absolute Gasteiger partial charge is 0.377 e. The zero-order valence-electron chi connectivity index (χ0n) is 5.56. The second kappa shape index (κ2) is 3.41. The normalized spacial score (nSPS) is 12.5. The van der Waals surface area contributed by atoms with Crippen molar-refractivity contribution in [2.45, 2.75) is 6.10 Å². The standard InChI is InChI=1S/C7H6O3S/c8-4-5(9)7(10)6-2-1-3-11-6/h1-5,9H. The van der Waals surface area contributed by atoms with Crippen LogP contribution in [0, 0.1) is 0 Å². The molecule has 1 aromatic heterocycles. The molecule has 0 fully saturated rings. The van der Waals surface area contributed by atoms with E-state index in [9.17, 15) is 9.59 Å². The lowest BCUT2D eigenvalue weighted by Crippen LogP contribution is -2.20. The van der Waals surface area contributed by atoms with Gasteiger partial charge in [-0.1, -0.05) is 6.07 Å². The number of aldehydes is 1. The van der Waals surface area contributed by atoms with Crippen LogP contribution in [0.3, 0.4) is 0 Å². The maximum atomic E-state index is 11.0. The van der Waals surface area contributed by atoms with Gasteiger partial charge in [0.2, 0.25) is 5.78 Å². The van der Waals surface area contributed by atoms with Crippen LogP contribution in [0.5, 0.6) is 0 Å². The molecule has 0 saturated carbocycles. The summed E-state index contributed by atoms with van der Waals surface area (Å²) in [6.07, 6.45) is -1.28. The Hall–Kier alpha value is -1.000. The molecule has 1 rings (SSSR count). The molecular formula is C7H6O3S. The van der Waals surface area contributed by atoms with Gasteiger partial charge in [0, 0.05) is 0 Å². The molecule has 1 N–H and O–H groups in total. The Morgan fingerprint density at radius 1 is 1.73 bits per heavy atom. The van der Waals surface area contributed by atoms with E-state index in [0.717, 1.165) is 0 Å². The Bertz CT molecular complexity index is 253. The number of ketones is 1. The Morgan fingerprint density at radius 2 is 2.45 bits per heavy atom. The van der Waals surface area contributed by atoms with Gasteiger partial charge in [-0.2, -0.15) is 0 Å². The summed E-state index contributed by atoms with van der Waals surface area (Å²) in [5.74, 6) is -0.532. The van der Waals surface area contributed by atoms with Crippen LogP contribution in [0.4, 0.5) is 0 Å². The molecule has 0 amide bonds. The van der Waals surface area contributed by atoms with Crippen molar-refractivity contribution in [2.24, 2.45) is 0 Å². The minimum atomic E-state index is -1.51. The third kappa shape index (κ3) is 1.72. The highest BCUT2D eigenvalue weighted by atomic mass is 32.1. The lowest BCUT2D eigenvalue weighted by atomic mass is 10.2. The van der Waals surface area contributed by atoms with E-state index in [-0.39, 0.29) is 6.29 Å². The third-order valence-corrected chi connectivity index (χ3v) is 2.05. The molecule has 58 valence electrons. The van der Waals surface area contributed by atoms with Crippen molar-refractivity contribution in [3.05, 3.63) is 22.4 Å². The molecule has 11 heavy (non-hydrogen) atoms. The molecular weight excluding hydrogens is 164 g/mol. The zero-order chi connectivity index (χ0) is 8.27. The predicted octanol–water partition coefficient (Wildman–Crippen LogP) is 0.491. The van der Waals surface area contributed by atoms with Gasteiger partial charge >= 0.3 is 0 Å². The van der Waals surface area contributed by atoms with Gasteiger partial charge in [0.25, 0.3) is 0 Å². The quantitative estimate of drug-likeness (QED) is 0.408. The fourth-order valence-corrected chi connectivity index (χ4v) is 1.32. The minimum absolute atomic E-state index is 0.224.